The number of hydrogen-bond acceptors (Lipinski definition) is 3. The van der Waals surface area contributed by atoms with E-state index in [2.05, 4.69) is 4.98 Å². The lowest BCUT2D eigenvalue weighted by atomic mass is 10.1. The van der Waals surface area contributed by atoms with Crippen LogP contribution in [0.3, 0.4) is 0 Å². The molecule has 21 heavy (non-hydrogen) atoms. The molecule has 2 heterocycles. The molecule has 1 aliphatic rings. The van der Waals surface area contributed by atoms with Crippen LogP contribution in [0.1, 0.15) is 12.0 Å². The summed E-state index contributed by atoms with van der Waals surface area (Å²) in [7, 11) is -3.64. The number of sulfonamides is 1. The standard InChI is InChI=1S/C14H17N3O3S/c15-21(19,20)11-8-14(18)17(9-11)7-5-10-2-1-3-13-12(10)4-6-16-13/h1-4,6,11,16H,5,7-9H2,(H2,15,19,20). The third kappa shape index (κ3) is 2.79. The van der Waals surface area contributed by atoms with Crippen molar-refractivity contribution in [1.82, 2.24) is 9.88 Å². The van der Waals surface area contributed by atoms with E-state index in [1.807, 2.05) is 30.5 Å². The minimum atomic E-state index is -3.64. The summed E-state index contributed by atoms with van der Waals surface area (Å²) >= 11 is 0. The van der Waals surface area contributed by atoms with Gasteiger partial charge in [0, 0.05) is 36.6 Å². The van der Waals surface area contributed by atoms with Gasteiger partial charge in [0.15, 0.2) is 0 Å². The first kappa shape index (κ1) is 14.1. The first-order valence-electron chi connectivity index (χ1n) is 6.79. The third-order valence-electron chi connectivity index (χ3n) is 3.98. The quantitative estimate of drug-likeness (QED) is 0.865. The molecule has 6 nitrogen and oxygen atoms in total. The molecule has 1 amide bonds. The van der Waals surface area contributed by atoms with Crippen LogP contribution in [0.2, 0.25) is 0 Å². The fourth-order valence-electron chi connectivity index (χ4n) is 2.80. The van der Waals surface area contributed by atoms with E-state index in [0.717, 1.165) is 16.5 Å². The second-order valence-electron chi connectivity index (χ2n) is 5.36. The summed E-state index contributed by atoms with van der Waals surface area (Å²) in [6.45, 7) is 0.704. The number of benzene rings is 1. The van der Waals surface area contributed by atoms with E-state index in [0.29, 0.717) is 13.0 Å². The van der Waals surface area contributed by atoms with Crippen molar-refractivity contribution in [3.05, 3.63) is 36.0 Å². The number of rotatable bonds is 4. The Morgan fingerprint density at radius 2 is 2.14 bits per heavy atom. The van der Waals surface area contributed by atoms with Crippen LogP contribution in [-0.4, -0.2) is 42.5 Å². The molecule has 1 fully saturated rings. The number of aromatic nitrogens is 1. The highest BCUT2D eigenvalue weighted by atomic mass is 32.2. The molecule has 1 unspecified atom stereocenters. The molecule has 0 aliphatic carbocycles. The molecule has 1 aromatic heterocycles. The van der Waals surface area contributed by atoms with Crippen LogP contribution in [0.25, 0.3) is 10.9 Å². The number of nitrogens with zero attached hydrogens (tertiary/aromatic N) is 1. The number of carbonyl (C=O) groups excluding carboxylic acids is 1. The van der Waals surface area contributed by atoms with Gasteiger partial charge in [0.1, 0.15) is 5.25 Å². The molecule has 3 rings (SSSR count). The summed E-state index contributed by atoms with van der Waals surface area (Å²) in [5.74, 6) is -0.143. The van der Waals surface area contributed by atoms with E-state index in [1.165, 1.54) is 0 Å². The number of likely N-dealkylation sites (tertiary alicyclic amines) is 1. The van der Waals surface area contributed by atoms with Crippen molar-refractivity contribution in [1.29, 1.82) is 0 Å². The molecule has 2 aromatic rings. The number of hydrogen-bond donors (Lipinski definition) is 2. The normalized spacial score (nSPS) is 19.6. The van der Waals surface area contributed by atoms with Crippen LogP contribution in [0.15, 0.2) is 30.5 Å². The Morgan fingerprint density at radius 1 is 1.33 bits per heavy atom. The van der Waals surface area contributed by atoms with Gasteiger partial charge in [-0.15, -0.1) is 0 Å². The van der Waals surface area contributed by atoms with E-state index in [1.54, 1.807) is 4.90 Å². The second kappa shape index (κ2) is 5.16. The number of nitrogens with two attached hydrogens (primary N) is 1. The molecule has 1 saturated heterocycles. The number of fused-ring (bicyclic) bond motifs is 1. The Bertz CT molecular complexity index is 782. The van der Waals surface area contributed by atoms with Crippen LogP contribution in [0.4, 0.5) is 0 Å². The molecule has 1 aromatic carbocycles. The molecule has 112 valence electrons. The zero-order chi connectivity index (χ0) is 15.0. The van der Waals surface area contributed by atoms with Crippen molar-refractivity contribution in [2.24, 2.45) is 5.14 Å². The van der Waals surface area contributed by atoms with E-state index < -0.39 is 15.3 Å². The summed E-state index contributed by atoms with van der Waals surface area (Å²) in [6, 6.07) is 7.99. The van der Waals surface area contributed by atoms with Crippen molar-refractivity contribution in [2.45, 2.75) is 18.1 Å². The number of H-pyrrole nitrogens is 1. The molecule has 0 spiro atoms. The molecular weight excluding hydrogens is 290 g/mol. The number of carbonyl (C=O) groups is 1. The first-order chi connectivity index (χ1) is 9.95. The van der Waals surface area contributed by atoms with Crippen LogP contribution in [0.5, 0.6) is 0 Å². The van der Waals surface area contributed by atoms with Crippen molar-refractivity contribution >= 4 is 26.8 Å². The zero-order valence-electron chi connectivity index (χ0n) is 11.5. The monoisotopic (exact) mass is 307 g/mol. The summed E-state index contributed by atoms with van der Waals surface area (Å²) < 4.78 is 22.7. The first-order valence-corrected chi connectivity index (χ1v) is 8.40. The molecule has 0 bridgehead atoms. The van der Waals surface area contributed by atoms with Crippen LogP contribution < -0.4 is 5.14 Å². The average Bonchev–Trinajstić information content (AvgIpc) is 3.02. The molecule has 1 atom stereocenters. The lowest BCUT2D eigenvalue weighted by Crippen LogP contribution is -2.33. The van der Waals surface area contributed by atoms with E-state index in [-0.39, 0.29) is 18.9 Å². The van der Waals surface area contributed by atoms with Crippen molar-refractivity contribution in [3.63, 3.8) is 0 Å². The maximum absolute atomic E-state index is 11.9. The number of aromatic amines is 1. The Kier molecular flexibility index (Phi) is 3.46. The lowest BCUT2D eigenvalue weighted by molar-refractivity contribution is -0.127. The largest absolute Gasteiger partial charge is 0.361 e. The van der Waals surface area contributed by atoms with Crippen molar-refractivity contribution < 1.29 is 13.2 Å². The topological polar surface area (TPSA) is 96.3 Å². The fraction of sp³-hybridized carbons (Fsp3) is 0.357. The highest BCUT2D eigenvalue weighted by molar-refractivity contribution is 7.89. The molecular formula is C14H17N3O3S. The summed E-state index contributed by atoms with van der Waals surface area (Å²) in [4.78, 5) is 16.6. The third-order valence-corrected chi connectivity index (χ3v) is 5.22. The van der Waals surface area contributed by atoms with Crippen LogP contribution in [0, 0.1) is 0 Å². The summed E-state index contributed by atoms with van der Waals surface area (Å²) in [5, 5.41) is 5.48. The number of primary sulfonamides is 1. The molecule has 1 aliphatic heterocycles. The maximum atomic E-state index is 11.9. The molecule has 3 N–H and O–H groups in total. The number of nitrogens with one attached hydrogen (secondary N) is 1. The van der Waals surface area contributed by atoms with E-state index in [9.17, 15) is 13.2 Å². The van der Waals surface area contributed by atoms with Gasteiger partial charge in [-0.2, -0.15) is 0 Å². The smallest absolute Gasteiger partial charge is 0.224 e. The molecule has 7 heteroatoms. The fourth-order valence-corrected chi connectivity index (χ4v) is 3.56. The maximum Gasteiger partial charge on any atom is 0.224 e. The Labute approximate surface area is 123 Å². The SMILES string of the molecule is NS(=O)(=O)C1CC(=O)N(CCc2cccc3[nH]ccc23)C1. The second-order valence-corrected chi connectivity index (χ2v) is 7.21. The average molecular weight is 307 g/mol. The predicted molar refractivity (Wildman–Crippen MR) is 80.1 cm³/mol. The van der Waals surface area contributed by atoms with Crippen molar-refractivity contribution in [2.75, 3.05) is 13.1 Å². The van der Waals surface area contributed by atoms with Gasteiger partial charge in [-0.05, 0) is 24.1 Å². The van der Waals surface area contributed by atoms with Gasteiger partial charge >= 0.3 is 0 Å². The lowest BCUT2D eigenvalue weighted by Gasteiger charge is -2.16. The minimum Gasteiger partial charge on any atom is -0.361 e. The Balaban J connectivity index is 1.71. The van der Waals surface area contributed by atoms with Crippen molar-refractivity contribution in [3.8, 4) is 0 Å². The zero-order valence-corrected chi connectivity index (χ0v) is 12.3. The van der Waals surface area contributed by atoms with Gasteiger partial charge in [0.2, 0.25) is 15.9 Å². The highest BCUT2D eigenvalue weighted by Gasteiger charge is 2.36. The minimum absolute atomic E-state index is 0.00676. The van der Waals surface area contributed by atoms with Crippen LogP contribution in [-0.2, 0) is 21.2 Å². The predicted octanol–water partition coefficient (Wildman–Crippen LogP) is 0.600. The van der Waals surface area contributed by atoms with Crippen LogP contribution >= 0.6 is 0 Å². The van der Waals surface area contributed by atoms with Gasteiger partial charge in [0.25, 0.3) is 0 Å². The van der Waals surface area contributed by atoms with Gasteiger partial charge in [-0.3, -0.25) is 4.79 Å². The van der Waals surface area contributed by atoms with Gasteiger partial charge < -0.3 is 9.88 Å². The Morgan fingerprint density at radius 3 is 2.86 bits per heavy atom. The molecule has 0 saturated carbocycles. The summed E-state index contributed by atoms with van der Waals surface area (Å²) in [5.41, 5.74) is 2.20. The summed E-state index contributed by atoms with van der Waals surface area (Å²) in [6.07, 6.45) is 2.57. The number of amides is 1. The molecule has 0 radical (unpaired) electrons. The van der Waals surface area contributed by atoms with Gasteiger partial charge in [-0.1, -0.05) is 12.1 Å². The Hall–Kier alpha value is -1.86. The highest BCUT2D eigenvalue weighted by Crippen LogP contribution is 2.20. The van der Waals surface area contributed by atoms with Gasteiger partial charge in [-0.25, -0.2) is 13.6 Å². The van der Waals surface area contributed by atoms with E-state index >= 15 is 0 Å². The van der Waals surface area contributed by atoms with E-state index in [4.69, 9.17) is 5.14 Å². The van der Waals surface area contributed by atoms with Gasteiger partial charge in [0.05, 0.1) is 0 Å².